The molecule has 0 aliphatic carbocycles. The molecular formula is C15H15N3O3. The first kappa shape index (κ1) is 14.7. The summed E-state index contributed by atoms with van der Waals surface area (Å²) in [5.41, 5.74) is 1.37. The third-order valence-electron chi connectivity index (χ3n) is 3.03. The van der Waals surface area contributed by atoms with E-state index in [9.17, 15) is 14.9 Å². The highest BCUT2D eigenvalue weighted by atomic mass is 16.6. The van der Waals surface area contributed by atoms with E-state index in [1.54, 1.807) is 12.1 Å². The summed E-state index contributed by atoms with van der Waals surface area (Å²) in [6, 6.07) is 6.29. The average Bonchev–Trinajstić information content (AvgIpc) is 2.49. The molecule has 0 radical (unpaired) electrons. The molecule has 0 aromatic heterocycles. The fourth-order valence-corrected chi connectivity index (χ4v) is 1.99. The number of hydrazone groups is 1. The third kappa shape index (κ3) is 3.66. The van der Waals surface area contributed by atoms with Crippen LogP contribution in [0.5, 0.6) is 0 Å². The Labute approximate surface area is 122 Å². The van der Waals surface area contributed by atoms with E-state index >= 15 is 0 Å². The van der Waals surface area contributed by atoms with Crippen molar-refractivity contribution in [3.05, 3.63) is 39.9 Å². The zero-order valence-corrected chi connectivity index (χ0v) is 11.7. The van der Waals surface area contributed by atoms with Gasteiger partial charge in [-0.15, -0.1) is 5.92 Å². The number of nitro benzene ring substituents is 1. The number of benzene rings is 1. The number of carbonyl (C=O) groups is 1. The number of nitrogens with zero attached hydrogens (tertiary/aromatic N) is 3. The van der Waals surface area contributed by atoms with Crippen molar-refractivity contribution >= 4 is 17.3 Å². The van der Waals surface area contributed by atoms with E-state index in [0.717, 1.165) is 6.42 Å². The number of hydrogen-bond acceptors (Lipinski definition) is 4. The second-order valence-electron chi connectivity index (χ2n) is 4.51. The van der Waals surface area contributed by atoms with Gasteiger partial charge in [-0.2, -0.15) is 5.10 Å². The van der Waals surface area contributed by atoms with Crippen LogP contribution in [0.2, 0.25) is 0 Å². The van der Waals surface area contributed by atoms with Crippen molar-refractivity contribution in [3.8, 4) is 11.8 Å². The van der Waals surface area contributed by atoms with E-state index in [4.69, 9.17) is 0 Å². The Morgan fingerprint density at radius 1 is 1.38 bits per heavy atom. The summed E-state index contributed by atoms with van der Waals surface area (Å²) in [4.78, 5) is 22.2. The second kappa shape index (κ2) is 6.66. The van der Waals surface area contributed by atoms with Crippen molar-refractivity contribution < 1.29 is 9.72 Å². The van der Waals surface area contributed by atoms with Gasteiger partial charge in [0.05, 0.1) is 10.6 Å². The largest absolute Gasteiger partial charge is 0.273 e. The predicted molar refractivity (Wildman–Crippen MR) is 78.6 cm³/mol. The fraction of sp³-hybridized carbons (Fsp3) is 0.333. The van der Waals surface area contributed by atoms with Gasteiger partial charge in [-0.1, -0.05) is 25.0 Å². The maximum absolute atomic E-state index is 11.8. The predicted octanol–water partition coefficient (Wildman–Crippen LogP) is 2.33. The van der Waals surface area contributed by atoms with Crippen molar-refractivity contribution in [1.29, 1.82) is 0 Å². The molecule has 6 nitrogen and oxygen atoms in total. The van der Waals surface area contributed by atoms with E-state index in [2.05, 4.69) is 16.9 Å². The minimum absolute atomic E-state index is 0.0180. The Bertz CT molecular complexity index is 656. The minimum Gasteiger partial charge on any atom is -0.273 e. The average molecular weight is 285 g/mol. The number of hydrogen-bond donors (Lipinski definition) is 0. The molecule has 1 aliphatic heterocycles. The molecule has 1 aromatic rings. The van der Waals surface area contributed by atoms with Crippen LogP contribution in [0.15, 0.2) is 29.4 Å². The smallest absolute Gasteiger partial charge is 0.270 e. The van der Waals surface area contributed by atoms with Gasteiger partial charge in [-0.05, 0) is 0 Å². The Morgan fingerprint density at radius 3 is 2.90 bits per heavy atom. The lowest BCUT2D eigenvalue weighted by atomic mass is 10.0. The van der Waals surface area contributed by atoms with Crippen LogP contribution in [0.3, 0.4) is 0 Å². The number of amides is 1. The summed E-state index contributed by atoms with van der Waals surface area (Å²) >= 11 is 0. The zero-order chi connectivity index (χ0) is 15.2. The van der Waals surface area contributed by atoms with Crippen molar-refractivity contribution in [3.63, 3.8) is 0 Å². The van der Waals surface area contributed by atoms with Crippen LogP contribution >= 0.6 is 0 Å². The molecule has 1 aromatic carbocycles. The lowest BCUT2D eigenvalue weighted by Crippen LogP contribution is -2.32. The third-order valence-corrected chi connectivity index (χ3v) is 3.03. The van der Waals surface area contributed by atoms with Gasteiger partial charge in [0.2, 0.25) is 5.91 Å². The molecule has 108 valence electrons. The van der Waals surface area contributed by atoms with Gasteiger partial charge in [0.15, 0.2) is 0 Å². The summed E-state index contributed by atoms with van der Waals surface area (Å²) in [5.74, 6) is 5.69. The number of rotatable bonds is 3. The molecular weight excluding hydrogens is 270 g/mol. The van der Waals surface area contributed by atoms with E-state index in [1.807, 2.05) is 6.92 Å². The molecule has 0 saturated heterocycles. The van der Waals surface area contributed by atoms with Gasteiger partial charge in [0, 0.05) is 37.0 Å². The Morgan fingerprint density at radius 2 is 2.19 bits per heavy atom. The van der Waals surface area contributed by atoms with Crippen LogP contribution in [-0.4, -0.2) is 28.1 Å². The SMILES string of the molecule is CCC#CCN1N=C(c2cccc([N+](=O)[O-])c2)CCC1=O. The molecule has 0 atom stereocenters. The summed E-state index contributed by atoms with van der Waals surface area (Å²) in [6.45, 7) is 2.19. The molecule has 0 N–H and O–H groups in total. The minimum atomic E-state index is -0.442. The van der Waals surface area contributed by atoms with Gasteiger partial charge in [0.1, 0.15) is 6.54 Å². The molecule has 1 heterocycles. The fourth-order valence-electron chi connectivity index (χ4n) is 1.99. The van der Waals surface area contributed by atoms with Crippen molar-refractivity contribution in [2.45, 2.75) is 26.2 Å². The van der Waals surface area contributed by atoms with Gasteiger partial charge in [0.25, 0.3) is 5.69 Å². The quantitative estimate of drug-likeness (QED) is 0.486. The summed E-state index contributed by atoms with van der Waals surface area (Å²) in [7, 11) is 0. The van der Waals surface area contributed by atoms with Crippen molar-refractivity contribution in [2.24, 2.45) is 5.10 Å². The Kier molecular flexibility index (Phi) is 4.67. The highest BCUT2D eigenvalue weighted by Gasteiger charge is 2.21. The number of nitro groups is 1. The normalized spacial score (nSPS) is 14.2. The molecule has 0 saturated carbocycles. The van der Waals surface area contributed by atoms with E-state index in [-0.39, 0.29) is 18.1 Å². The molecule has 21 heavy (non-hydrogen) atoms. The number of non-ortho nitro benzene ring substituents is 1. The van der Waals surface area contributed by atoms with Crippen molar-refractivity contribution in [2.75, 3.05) is 6.54 Å². The molecule has 0 spiro atoms. The number of carbonyl (C=O) groups excluding carboxylic acids is 1. The molecule has 0 bridgehead atoms. The Balaban J connectivity index is 2.26. The van der Waals surface area contributed by atoms with Crippen LogP contribution in [0.25, 0.3) is 0 Å². The first-order valence-electron chi connectivity index (χ1n) is 6.70. The van der Waals surface area contributed by atoms with Crippen LogP contribution in [0.1, 0.15) is 31.7 Å². The maximum atomic E-state index is 11.8. The van der Waals surface area contributed by atoms with Crippen LogP contribution < -0.4 is 0 Å². The van der Waals surface area contributed by atoms with E-state index in [0.29, 0.717) is 24.1 Å². The standard InChI is InChI=1S/C15H15N3O3/c1-2-3-4-10-17-15(19)9-8-14(16-17)12-6-5-7-13(11-12)18(20)21/h5-7,11H,2,8-10H2,1H3. The van der Waals surface area contributed by atoms with Crippen LogP contribution in [-0.2, 0) is 4.79 Å². The molecule has 0 fully saturated rings. The lowest BCUT2D eigenvalue weighted by Gasteiger charge is -2.21. The van der Waals surface area contributed by atoms with Crippen LogP contribution in [0, 0.1) is 22.0 Å². The molecule has 1 aliphatic rings. The lowest BCUT2D eigenvalue weighted by molar-refractivity contribution is -0.384. The molecule has 6 heteroatoms. The maximum Gasteiger partial charge on any atom is 0.270 e. The van der Waals surface area contributed by atoms with Gasteiger partial charge >= 0.3 is 0 Å². The highest BCUT2D eigenvalue weighted by molar-refractivity contribution is 6.04. The summed E-state index contributed by atoms with van der Waals surface area (Å²) in [5, 5.41) is 16.4. The molecule has 1 amide bonds. The van der Waals surface area contributed by atoms with Gasteiger partial charge in [-0.25, -0.2) is 5.01 Å². The van der Waals surface area contributed by atoms with E-state index in [1.165, 1.54) is 17.1 Å². The molecule has 2 rings (SSSR count). The van der Waals surface area contributed by atoms with Gasteiger partial charge < -0.3 is 0 Å². The summed E-state index contributed by atoms with van der Waals surface area (Å²) in [6.07, 6.45) is 1.55. The monoisotopic (exact) mass is 285 g/mol. The second-order valence-corrected chi connectivity index (χ2v) is 4.51. The topological polar surface area (TPSA) is 75.8 Å². The molecule has 0 unspecified atom stereocenters. The zero-order valence-electron chi connectivity index (χ0n) is 11.7. The summed E-state index contributed by atoms with van der Waals surface area (Å²) < 4.78 is 0. The van der Waals surface area contributed by atoms with Crippen LogP contribution in [0.4, 0.5) is 5.69 Å². The highest BCUT2D eigenvalue weighted by Crippen LogP contribution is 2.19. The van der Waals surface area contributed by atoms with Crippen molar-refractivity contribution in [1.82, 2.24) is 5.01 Å². The Hall–Kier alpha value is -2.68. The first-order chi connectivity index (χ1) is 10.1. The first-order valence-corrected chi connectivity index (χ1v) is 6.70. The van der Waals surface area contributed by atoms with E-state index < -0.39 is 4.92 Å². The van der Waals surface area contributed by atoms with Gasteiger partial charge in [-0.3, -0.25) is 14.9 Å².